The molecule has 0 amide bonds. The number of anilines is 1. The summed E-state index contributed by atoms with van der Waals surface area (Å²) in [6.45, 7) is 0. The number of nitro benzene ring substituents is 1. The van der Waals surface area contributed by atoms with E-state index in [-0.39, 0.29) is 10.6 Å². The van der Waals surface area contributed by atoms with Crippen LogP contribution >= 0.6 is 11.5 Å². The summed E-state index contributed by atoms with van der Waals surface area (Å²) in [5.41, 5.74) is 1.09. The van der Waals surface area contributed by atoms with E-state index in [1.54, 1.807) is 30.5 Å². The van der Waals surface area contributed by atoms with Crippen LogP contribution in [0.5, 0.6) is 0 Å². The number of non-ortho nitro benzene ring substituents is 1. The van der Waals surface area contributed by atoms with Crippen LogP contribution in [0.4, 0.5) is 11.4 Å². The molecule has 3 rings (SSSR count). The van der Waals surface area contributed by atoms with Crippen molar-refractivity contribution in [1.29, 1.82) is 0 Å². The van der Waals surface area contributed by atoms with Gasteiger partial charge in [-0.2, -0.15) is 0 Å². The van der Waals surface area contributed by atoms with Gasteiger partial charge in [-0.05, 0) is 41.4 Å². The molecule has 8 nitrogen and oxygen atoms in total. The Kier molecular flexibility index (Phi) is 4.23. The number of rotatable bonds is 5. The van der Waals surface area contributed by atoms with E-state index in [1.165, 1.54) is 23.7 Å². The van der Waals surface area contributed by atoms with Crippen LogP contribution in [0.3, 0.4) is 0 Å². The molecule has 1 heterocycles. The third-order valence-corrected chi connectivity index (χ3v) is 5.25. The quantitative estimate of drug-likeness (QED) is 0.551. The van der Waals surface area contributed by atoms with Crippen molar-refractivity contribution in [2.24, 2.45) is 0 Å². The molecule has 0 aliphatic heterocycles. The van der Waals surface area contributed by atoms with Gasteiger partial charge in [-0.15, -0.1) is 5.10 Å². The highest BCUT2D eigenvalue weighted by molar-refractivity contribution is 7.92. The Bertz CT molecular complexity index is 953. The van der Waals surface area contributed by atoms with E-state index >= 15 is 0 Å². The van der Waals surface area contributed by atoms with Crippen molar-refractivity contribution >= 4 is 32.9 Å². The maximum absolute atomic E-state index is 12.3. The minimum absolute atomic E-state index is 0.0520. The molecule has 10 heteroatoms. The van der Waals surface area contributed by atoms with Crippen LogP contribution < -0.4 is 4.72 Å². The molecule has 24 heavy (non-hydrogen) atoms. The van der Waals surface area contributed by atoms with Gasteiger partial charge in [-0.3, -0.25) is 14.8 Å². The van der Waals surface area contributed by atoms with Crippen molar-refractivity contribution < 1.29 is 13.3 Å². The largest absolute Gasteiger partial charge is 0.280 e. The number of hydrogen-bond donors (Lipinski definition) is 1. The lowest BCUT2D eigenvalue weighted by atomic mass is 10.2. The highest BCUT2D eigenvalue weighted by Gasteiger charge is 2.16. The maximum Gasteiger partial charge on any atom is 0.269 e. The predicted octanol–water partition coefficient (Wildman–Crippen LogP) is 2.91. The summed E-state index contributed by atoms with van der Waals surface area (Å²) in [6, 6.07) is 11.4. The van der Waals surface area contributed by atoms with E-state index in [4.69, 9.17) is 0 Å². The van der Waals surface area contributed by atoms with E-state index in [2.05, 4.69) is 14.3 Å². The van der Waals surface area contributed by atoms with Gasteiger partial charge in [0.15, 0.2) is 0 Å². The minimum Gasteiger partial charge on any atom is -0.280 e. The average molecular weight is 362 g/mol. The van der Waals surface area contributed by atoms with E-state index in [9.17, 15) is 18.5 Å². The molecular formula is C14H10N4O4S2. The lowest BCUT2D eigenvalue weighted by molar-refractivity contribution is -0.384. The number of nitrogens with zero attached hydrogens (tertiary/aromatic N) is 3. The highest BCUT2D eigenvalue weighted by Crippen LogP contribution is 2.24. The molecule has 2 aromatic carbocycles. The average Bonchev–Trinajstić information content (AvgIpc) is 3.10. The monoisotopic (exact) mass is 362 g/mol. The van der Waals surface area contributed by atoms with Gasteiger partial charge in [0.25, 0.3) is 15.7 Å². The van der Waals surface area contributed by atoms with Gasteiger partial charge in [-0.1, -0.05) is 16.6 Å². The van der Waals surface area contributed by atoms with Gasteiger partial charge >= 0.3 is 0 Å². The number of nitrogens with one attached hydrogen (secondary N) is 1. The van der Waals surface area contributed by atoms with Crippen molar-refractivity contribution in [3.8, 4) is 10.4 Å². The molecule has 0 saturated carbocycles. The molecule has 0 unspecified atom stereocenters. The maximum atomic E-state index is 12.3. The Hall–Kier alpha value is -2.85. The molecule has 1 aromatic heterocycles. The van der Waals surface area contributed by atoms with Crippen LogP contribution in [0.15, 0.2) is 59.6 Å². The Balaban J connectivity index is 1.80. The zero-order valence-corrected chi connectivity index (χ0v) is 13.6. The first-order valence-corrected chi connectivity index (χ1v) is 8.86. The molecule has 122 valence electrons. The molecule has 0 radical (unpaired) electrons. The van der Waals surface area contributed by atoms with Gasteiger partial charge in [0.05, 0.1) is 20.9 Å². The van der Waals surface area contributed by atoms with Gasteiger partial charge in [0, 0.05) is 17.8 Å². The van der Waals surface area contributed by atoms with Crippen LogP contribution in [0.2, 0.25) is 0 Å². The second-order valence-electron chi connectivity index (χ2n) is 4.72. The fourth-order valence-electron chi connectivity index (χ4n) is 1.96. The van der Waals surface area contributed by atoms with Crippen molar-refractivity contribution in [3.05, 3.63) is 64.8 Å². The fraction of sp³-hybridized carbons (Fsp3) is 0. The molecule has 0 aliphatic carbocycles. The molecular weight excluding hydrogens is 352 g/mol. The summed E-state index contributed by atoms with van der Waals surface area (Å²) >= 11 is 1.24. The van der Waals surface area contributed by atoms with E-state index < -0.39 is 14.9 Å². The Labute approximate surface area is 141 Å². The Morgan fingerprint density at radius 3 is 2.25 bits per heavy atom. The zero-order valence-electron chi connectivity index (χ0n) is 12.0. The fourth-order valence-corrected chi connectivity index (χ4v) is 3.53. The SMILES string of the molecule is O=[N+]([O-])c1ccc(S(=O)(=O)Nc2ccc(-c3cnns3)cc2)cc1. The van der Waals surface area contributed by atoms with Gasteiger partial charge in [-0.25, -0.2) is 8.42 Å². The first-order valence-electron chi connectivity index (χ1n) is 6.61. The molecule has 1 N–H and O–H groups in total. The van der Waals surface area contributed by atoms with Crippen LogP contribution in [0, 0.1) is 10.1 Å². The lowest BCUT2D eigenvalue weighted by Crippen LogP contribution is -2.12. The summed E-state index contributed by atoms with van der Waals surface area (Å²) < 4.78 is 30.8. The zero-order chi connectivity index (χ0) is 17.2. The van der Waals surface area contributed by atoms with Gasteiger partial charge < -0.3 is 0 Å². The molecule has 0 bridgehead atoms. The van der Waals surface area contributed by atoms with Crippen molar-refractivity contribution in [2.75, 3.05) is 4.72 Å². The predicted molar refractivity (Wildman–Crippen MR) is 89.2 cm³/mol. The summed E-state index contributed by atoms with van der Waals surface area (Å²) in [4.78, 5) is 10.9. The number of sulfonamides is 1. The molecule has 3 aromatic rings. The number of nitro groups is 1. The summed E-state index contributed by atoms with van der Waals surface area (Å²) in [6.07, 6.45) is 1.63. The van der Waals surface area contributed by atoms with Crippen molar-refractivity contribution in [1.82, 2.24) is 9.59 Å². The standard InChI is InChI=1S/C14H10N4O4S2/c19-18(20)12-5-7-13(8-6-12)24(21,22)16-11-3-1-10(2-4-11)14-9-15-17-23-14/h1-9,16H. The first kappa shape index (κ1) is 16.0. The van der Waals surface area contributed by atoms with Crippen LogP contribution in [-0.4, -0.2) is 22.9 Å². The Morgan fingerprint density at radius 1 is 1.04 bits per heavy atom. The third kappa shape index (κ3) is 3.39. The molecule has 0 atom stereocenters. The highest BCUT2D eigenvalue weighted by atomic mass is 32.2. The van der Waals surface area contributed by atoms with Gasteiger partial charge in [0.2, 0.25) is 0 Å². The lowest BCUT2D eigenvalue weighted by Gasteiger charge is -2.08. The van der Waals surface area contributed by atoms with Crippen LogP contribution in [-0.2, 0) is 10.0 Å². The minimum atomic E-state index is -3.82. The van der Waals surface area contributed by atoms with Crippen LogP contribution in [0.1, 0.15) is 0 Å². The summed E-state index contributed by atoms with van der Waals surface area (Å²) in [7, 11) is -3.82. The molecule has 0 aliphatic rings. The molecule has 0 saturated heterocycles. The second kappa shape index (κ2) is 6.34. The van der Waals surface area contributed by atoms with Crippen molar-refractivity contribution in [3.63, 3.8) is 0 Å². The van der Waals surface area contributed by atoms with E-state index in [0.29, 0.717) is 5.69 Å². The van der Waals surface area contributed by atoms with E-state index in [1.807, 2.05) is 0 Å². The smallest absolute Gasteiger partial charge is 0.269 e. The topological polar surface area (TPSA) is 115 Å². The summed E-state index contributed by atoms with van der Waals surface area (Å²) in [5.74, 6) is 0. The molecule has 0 spiro atoms. The first-order chi connectivity index (χ1) is 11.5. The third-order valence-electron chi connectivity index (χ3n) is 3.14. The van der Waals surface area contributed by atoms with E-state index in [0.717, 1.165) is 22.6 Å². The normalized spacial score (nSPS) is 11.2. The summed E-state index contributed by atoms with van der Waals surface area (Å²) in [5, 5.41) is 14.4. The Morgan fingerprint density at radius 2 is 1.71 bits per heavy atom. The number of hydrogen-bond acceptors (Lipinski definition) is 7. The van der Waals surface area contributed by atoms with Crippen LogP contribution in [0.25, 0.3) is 10.4 Å². The molecule has 0 fully saturated rings. The van der Waals surface area contributed by atoms with Crippen molar-refractivity contribution in [2.45, 2.75) is 4.90 Å². The number of benzene rings is 2. The second-order valence-corrected chi connectivity index (χ2v) is 7.18. The number of aromatic nitrogens is 2. The van der Waals surface area contributed by atoms with Gasteiger partial charge in [0.1, 0.15) is 0 Å².